The highest BCUT2D eigenvalue weighted by Crippen LogP contribution is 2.24. The number of piperazine rings is 1. The first-order valence-electron chi connectivity index (χ1n) is 10.4. The maximum Gasteiger partial charge on any atom is 0.287 e. The van der Waals surface area contributed by atoms with Crippen LogP contribution in [0.2, 0.25) is 0 Å². The summed E-state index contributed by atoms with van der Waals surface area (Å²) in [6, 6.07) is 18.6. The zero-order valence-corrected chi connectivity index (χ0v) is 18.1. The first-order valence-corrected chi connectivity index (χ1v) is 11.4. The van der Waals surface area contributed by atoms with Crippen molar-refractivity contribution in [3.05, 3.63) is 84.1 Å². The molecule has 0 radical (unpaired) electrons. The van der Waals surface area contributed by atoms with E-state index in [9.17, 15) is 9.18 Å². The number of furan rings is 1. The minimum Gasteiger partial charge on any atom is -0.459 e. The molecule has 7 heteroatoms. The number of nitrogens with zero attached hydrogens (tertiary/aromatic N) is 2. The number of carbonyl (C=O) groups excluding carboxylic acids is 1. The van der Waals surface area contributed by atoms with Gasteiger partial charge in [-0.3, -0.25) is 9.69 Å². The highest BCUT2D eigenvalue weighted by atomic mass is 32.2. The minimum atomic E-state index is -0.212. The molecule has 3 aromatic rings. The molecule has 1 N–H and O–H groups in total. The first-order chi connectivity index (χ1) is 15.2. The highest BCUT2D eigenvalue weighted by molar-refractivity contribution is 7.98. The fourth-order valence-corrected chi connectivity index (χ4v) is 4.51. The van der Waals surface area contributed by atoms with Crippen LogP contribution < -0.4 is 10.2 Å². The van der Waals surface area contributed by atoms with E-state index in [-0.39, 0.29) is 11.7 Å². The van der Waals surface area contributed by atoms with Crippen LogP contribution >= 0.6 is 11.8 Å². The van der Waals surface area contributed by atoms with E-state index in [0.29, 0.717) is 18.1 Å². The summed E-state index contributed by atoms with van der Waals surface area (Å²) in [5, 5.41) is 2.98. The van der Waals surface area contributed by atoms with Crippen LogP contribution in [0.25, 0.3) is 0 Å². The van der Waals surface area contributed by atoms with Gasteiger partial charge in [0.1, 0.15) is 5.82 Å². The van der Waals surface area contributed by atoms with E-state index in [2.05, 4.69) is 27.2 Å². The fraction of sp³-hybridized carbons (Fsp3) is 0.292. The second-order valence-corrected chi connectivity index (χ2v) is 8.49. The van der Waals surface area contributed by atoms with E-state index in [1.807, 2.05) is 36.4 Å². The molecule has 2 heterocycles. The van der Waals surface area contributed by atoms with Crippen LogP contribution in [0.1, 0.15) is 16.1 Å². The van der Waals surface area contributed by atoms with E-state index >= 15 is 0 Å². The molecular formula is C24H26FN3O2S. The van der Waals surface area contributed by atoms with Crippen LogP contribution in [0.4, 0.5) is 10.1 Å². The summed E-state index contributed by atoms with van der Waals surface area (Å²) >= 11 is 1.68. The molecule has 0 bridgehead atoms. The Morgan fingerprint density at radius 2 is 1.74 bits per heavy atom. The Kier molecular flexibility index (Phi) is 7.27. The van der Waals surface area contributed by atoms with E-state index in [1.54, 1.807) is 18.0 Å². The lowest BCUT2D eigenvalue weighted by Gasteiger charge is -2.36. The number of carbonyl (C=O) groups is 1. The maximum absolute atomic E-state index is 13.1. The number of halogens is 1. The average molecular weight is 440 g/mol. The normalized spacial score (nSPS) is 14.5. The molecule has 1 fully saturated rings. The number of benzene rings is 2. The second-order valence-electron chi connectivity index (χ2n) is 7.44. The maximum atomic E-state index is 13.1. The van der Waals surface area contributed by atoms with Crippen molar-refractivity contribution in [3.8, 4) is 0 Å². The van der Waals surface area contributed by atoms with Crippen molar-refractivity contribution in [2.45, 2.75) is 10.6 Å². The largest absolute Gasteiger partial charge is 0.459 e. The minimum absolute atomic E-state index is 0.168. The Morgan fingerprint density at radius 1 is 1.00 bits per heavy atom. The zero-order chi connectivity index (χ0) is 21.5. The van der Waals surface area contributed by atoms with Crippen molar-refractivity contribution in [1.82, 2.24) is 10.2 Å². The lowest BCUT2D eigenvalue weighted by atomic mass is 10.2. The molecule has 0 atom stereocenters. The standard InChI is InChI=1S/C24H26FN3O2S/c25-20-6-8-21(9-7-20)28-15-13-27(14-16-28)12-11-26-24(29)23-19(10-17-30-23)18-31-22-4-2-1-3-5-22/h1-10,17H,11-16,18H2,(H,26,29). The Morgan fingerprint density at radius 3 is 2.48 bits per heavy atom. The van der Waals surface area contributed by atoms with Crippen molar-refractivity contribution < 1.29 is 13.6 Å². The lowest BCUT2D eigenvalue weighted by Crippen LogP contribution is -2.48. The number of nitrogens with one attached hydrogen (secondary N) is 1. The second kappa shape index (κ2) is 10.5. The Labute approximate surface area is 186 Å². The van der Waals surface area contributed by atoms with Gasteiger partial charge in [0.25, 0.3) is 5.91 Å². The van der Waals surface area contributed by atoms with Gasteiger partial charge in [-0.1, -0.05) is 18.2 Å². The summed E-state index contributed by atoms with van der Waals surface area (Å²) < 4.78 is 18.6. The third kappa shape index (κ3) is 5.89. The van der Waals surface area contributed by atoms with Gasteiger partial charge in [-0.05, 0) is 42.5 Å². The molecule has 0 saturated carbocycles. The topological polar surface area (TPSA) is 48.7 Å². The van der Waals surface area contributed by atoms with Crippen molar-refractivity contribution in [2.75, 3.05) is 44.2 Å². The van der Waals surface area contributed by atoms with Crippen LogP contribution in [0, 0.1) is 5.82 Å². The smallest absolute Gasteiger partial charge is 0.287 e. The Balaban J connectivity index is 1.20. The van der Waals surface area contributed by atoms with E-state index in [4.69, 9.17) is 4.42 Å². The van der Waals surface area contributed by atoms with E-state index in [0.717, 1.165) is 48.9 Å². The molecule has 31 heavy (non-hydrogen) atoms. The number of anilines is 1. The number of amides is 1. The molecule has 0 unspecified atom stereocenters. The molecule has 0 spiro atoms. The number of hydrogen-bond acceptors (Lipinski definition) is 5. The summed E-state index contributed by atoms with van der Waals surface area (Å²) in [6.07, 6.45) is 1.57. The molecule has 4 rings (SSSR count). The van der Waals surface area contributed by atoms with Crippen molar-refractivity contribution in [3.63, 3.8) is 0 Å². The third-order valence-corrected chi connectivity index (χ3v) is 6.43. The molecule has 0 aliphatic carbocycles. The number of rotatable bonds is 8. The lowest BCUT2D eigenvalue weighted by molar-refractivity contribution is 0.0919. The van der Waals surface area contributed by atoms with E-state index < -0.39 is 0 Å². The Bertz CT molecular complexity index is 970. The van der Waals surface area contributed by atoms with Crippen molar-refractivity contribution in [1.29, 1.82) is 0 Å². The summed E-state index contributed by atoms with van der Waals surface area (Å²) in [5.74, 6) is 0.703. The van der Waals surface area contributed by atoms with Gasteiger partial charge in [0.05, 0.1) is 6.26 Å². The van der Waals surface area contributed by atoms with Crippen LogP contribution in [0.15, 0.2) is 76.2 Å². The fourth-order valence-electron chi connectivity index (χ4n) is 3.62. The molecule has 1 aliphatic heterocycles. The summed E-state index contributed by atoms with van der Waals surface area (Å²) in [7, 11) is 0. The SMILES string of the molecule is O=C(NCCN1CCN(c2ccc(F)cc2)CC1)c1occc1CSc1ccccc1. The van der Waals surface area contributed by atoms with Gasteiger partial charge in [0.15, 0.2) is 5.76 Å². The first kappa shape index (κ1) is 21.5. The molecule has 5 nitrogen and oxygen atoms in total. The van der Waals surface area contributed by atoms with Gasteiger partial charge in [-0.2, -0.15) is 0 Å². The van der Waals surface area contributed by atoms with Crippen LogP contribution in [0.5, 0.6) is 0 Å². The Hall–Kier alpha value is -2.77. The zero-order valence-electron chi connectivity index (χ0n) is 17.3. The highest BCUT2D eigenvalue weighted by Gasteiger charge is 2.19. The predicted molar refractivity (Wildman–Crippen MR) is 122 cm³/mol. The number of thioether (sulfide) groups is 1. The summed E-state index contributed by atoms with van der Waals surface area (Å²) in [6.45, 7) is 4.95. The van der Waals surface area contributed by atoms with E-state index in [1.165, 1.54) is 12.1 Å². The molecule has 2 aromatic carbocycles. The summed E-state index contributed by atoms with van der Waals surface area (Å²) in [5.41, 5.74) is 1.95. The van der Waals surface area contributed by atoms with Crippen LogP contribution in [-0.2, 0) is 5.75 Å². The average Bonchev–Trinajstić information content (AvgIpc) is 3.28. The number of hydrogen-bond donors (Lipinski definition) is 1. The molecule has 1 aliphatic rings. The van der Waals surface area contributed by atoms with Gasteiger partial charge in [0.2, 0.25) is 0 Å². The molecule has 1 amide bonds. The van der Waals surface area contributed by atoms with Gasteiger partial charge >= 0.3 is 0 Å². The van der Waals surface area contributed by atoms with Crippen LogP contribution in [-0.4, -0.2) is 50.1 Å². The molecule has 162 valence electrons. The van der Waals surface area contributed by atoms with Gasteiger partial charge < -0.3 is 14.6 Å². The quantitative estimate of drug-likeness (QED) is 0.532. The van der Waals surface area contributed by atoms with Gasteiger partial charge in [-0.25, -0.2) is 4.39 Å². The third-order valence-electron chi connectivity index (χ3n) is 5.37. The predicted octanol–water partition coefficient (Wildman–Crippen LogP) is 4.26. The van der Waals surface area contributed by atoms with Gasteiger partial charge in [-0.15, -0.1) is 11.8 Å². The van der Waals surface area contributed by atoms with Crippen molar-refractivity contribution >= 4 is 23.4 Å². The monoisotopic (exact) mass is 439 g/mol. The summed E-state index contributed by atoms with van der Waals surface area (Å²) in [4.78, 5) is 18.3. The molecular weight excluding hydrogens is 413 g/mol. The molecule has 1 aromatic heterocycles. The van der Waals surface area contributed by atoms with Gasteiger partial charge in [0, 0.05) is 61.2 Å². The van der Waals surface area contributed by atoms with Crippen LogP contribution in [0.3, 0.4) is 0 Å². The van der Waals surface area contributed by atoms with Crippen molar-refractivity contribution in [2.24, 2.45) is 0 Å². The molecule has 1 saturated heterocycles.